The fourth-order valence-corrected chi connectivity index (χ4v) is 3.73. The maximum Gasteiger partial charge on any atom is 0.135 e. The van der Waals surface area contributed by atoms with Gasteiger partial charge in [-0.05, 0) is 40.8 Å². The van der Waals surface area contributed by atoms with E-state index in [1.54, 1.807) is 6.20 Å². The van der Waals surface area contributed by atoms with E-state index in [2.05, 4.69) is 74.6 Å². The topological polar surface area (TPSA) is 68.8 Å². The van der Waals surface area contributed by atoms with Gasteiger partial charge in [0.15, 0.2) is 0 Å². The van der Waals surface area contributed by atoms with Crippen LogP contribution in [-0.2, 0) is 13.1 Å². The van der Waals surface area contributed by atoms with Crippen molar-refractivity contribution < 1.29 is 0 Å². The van der Waals surface area contributed by atoms with Crippen LogP contribution in [0.2, 0.25) is 0 Å². The molecular weight excluding hydrogens is 358 g/mol. The zero-order valence-electron chi connectivity index (χ0n) is 15.9. The van der Waals surface area contributed by atoms with Crippen molar-refractivity contribution in [2.75, 3.05) is 11.1 Å². The third-order valence-electron chi connectivity index (χ3n) is 5.21. The van der Waals surface area contributed by atoms with Gasteiger partial charge in [-0.3, -0.25) is 0 Å². The smallest absolute Gasteiger partial charge is 0.135 e. The molecule has 3 aromatic heterocycles. The number of hydrogen-bond acceptors (Lipinski definition) is 4. The lowest BCUT2D eigenvalue weighted by Gasteiger charge is -2.10. The standard InChI is InChI=1S/C24H21N5/c25-23-20-7-6-18(14-19(20)8-11-26-23)15-28-24-21-10-13-29(22(21)9-12-27-24)16-17-4-2-1-3-5-17/h1-14H,15-16H2,(H2,25,26)(H,27,28). The molecule has 5 heteroatoms. The van der Waals surface area contributed by atoms with Gasteiger partial charge in [0.1, 0.15) is 11.6 Å². The number of pyridine rings is 2. The highest BCUT2D eigenvalue weighted by Crippen LogP contribution is 2.25. The minimum Gasteiger partial charge on any atom is -0.383 e. The number of nitrogens with one attached hydrogen (secondary N) is 1. The van der Waals surface area contributed by atoms with Crippen LogP contribution in [0.4, 0.5) is 11.6 Å². The fraction of sp³-hybridized carbons (Fsp3) is 0.0833. The average Bonchev–Trinajstić information content (AvgIpc) is 3.16. The molecule has 0 saturated carbocycles. The molecule has 0 radical (unpaired) electrons. The zero-order valence-corrected chi connectivity index (χ0v) is 15.9. The van der Waals surface area contributed by atoms with Crippen molar-refractivity contribution in [3.63, 3.8) is 0 Å². The van der Waals surface area contributed by atoms with E-state index < -0.39 is 0 Å². The van der Waals surface area contributed by atoms with E-state index in [0.29, 0.717) is 12.4 Å². The molecule has 0 aliphatic heterocycles. The van der Waals surface area contributed by atoms with E-state index in [9.17, 15) is 0 Å². The van der Waals surface area contributed by atoms with E-state index >= 15 is 0 Å². The summed E-state index contributed by atoms with van der Waals surface area (Å²) >= 11 is 0. The minimum absolute atomic E-state index is 0.563. The molecule has 0 fully saturated rings. The third kappa shape index (κ3) is 3.38. The molecule has 3 N–H and O–H groups in total. The number of nitrogen functional groups attached to an aromatic ring is 1. The predicted octanol–water partition coefficient (Wildman–Crippen LogP) is 4.83. The van der Waals surface area contributed by atoms with Gasteiger partial charge < -0.3 is 15.6 Å². The minimum atomic E-state index is 0.563. The van der Waals surface area contributed by atoms with Gasteiger partial charge in [0.25, 0.3) is 0 Å². The highest BCUT2D eigenvalue weighted by atomic mass is 15.0. The summed E-state index contributed by atoms with van der Waals surface area (Å²) in [7, 11) is 0. The molecule has 0 unspecified atom stereocenters. The number of anilines is 2. The molecule has 29 heavy (non-hydrogen) atoms. The first-order chi connectivity index (χ1) is 14.3. The van der Waals surface area contributed by atoms with Crippen LogP contribution in [0, 0.1) is 0 Å². The van der Waals surface area contributed by atoms with Crippen LogP contribution in [-0.4, -0.2) is 14.5 Å². The van der Waals surface area contributed by atoms with Gasteiger partial charge in [0.05, 0.1) is 5.52 Å². The summed E-state index contributed by atoms with van der Waals surface area (Å²) in [6, 6.07) is 22.9. The molecule has 5 aromatic rings. The SMILES string of the molecule is Nc1nccc2cc(CNc3nccc4c3ccn4Cc3ccccc3)ccc12. The molecule has 5 rings (SSSR count). The van der Waals surface area contributed by atoms with Crippen LogP contribution in [0.5, 0.6) is 0 Å². The quantitative estimate of drug-likeness (QED) is 0.459. The highest BCUT2D eigenvalue weighted by molar-refractivity contribution is 5.92. The Bertz CT molecular complexity index is 1290. The normalized spacial score (nSPS) is 11.2. The Morgan fingerprint density at radius 3 is 2.59 bits per heavy atom. The van der Waals surface area contributed by atoms with Gasteiger partial charge in [-0.15, -0.1) is 0 Å². The van der Waals surface area contributed by atoms with Gasteiger partial charge in [-0.1, -0.05) is 42.5 Å². The first kappa shape index (κ1) is 17.3. The molecular formula is C24H21N5. The monoisotopic (exact) mass is 379 g/mol. The predicted molar refractivity (Wildman–Crippen MR) is 119 cm³/mol. The average molecular weight is 379 g/mol. The summed E-state index contributed by atoms with van der Waals surface area (Å²) in [4.78, 5) is 8.71. The molecule has 0 atom stereocenters. The fourth-order valence-electron chi connectivity index (χ4n) is 3.73. The second-order valence-electron chi connectivity index (χ2n) is 7.13. The Morgan fingerprint density at radius 2 is 1.69 bits per heavy atom. The molecule has 0 aliphatic rings. The lowest BCUT2D eigenvalue weighted by molar-refractivity contribution is 0.836. The van der Waals surface area contributed by atoms with E-state index in [1.807, 2.05) is 24.4 Å². The number of nitrogens with zero attached hydrogens (tertiary/aromatic N) is 3. The van der Waals surface area contributed by atoms with Gasteiger partial charge >= 0.3 is 0 Å². The van der Waals surface area contributed by atoms with Crippen LogP contribution >= 0.6 is 0 Å². The number of nitrogens with two attached hydrogens (primary N) is 1. The van der Waals surface area contributed by atoms with E-state index in [0.717, 1.165) is 28.5 Å². The summed E-state index contributed by atoms with van der Waals surface area (Å²) in [6.07, 6.45) is 5.72. The van der Waals surface area contributed by atoms with Crippen LogP contribution in [0.25, 0.3) is 21.7 Å². The van der Waals surface area contributed by atoms with E-state index in [-0.39, 0.29) is 0 Å². The molecule has 3 heterocycles. The van der Waals surface area contributed by atoms with Crippen molar-refractivity contribution in [1.29, 1.82) is 0 Å². The summed E-state index contributed by atoms with van der Waals surface area (Å²) in [5.74, 6) is 1.46. The molecule has 0 amide bonds. The van der Waals surface area contributed by atoms with E-state index in [1.165, 1.54) is 16.6 Å². The molecule has 2 aromatic carbocycles. The Hall–Kier alpha value is -3.86. The van der Waals surface area contributed by atoms with Crippen LogP contribution in [0.3, 0.4) is 0 Å². The Morgan fingerprint density at radius 1 is 0.828 bits per heavy atom. The summed E-state index contributed by atoms with van der Waals surface area (Å²) in [6.45, 7) is 1.53. The van der Waals surface area contributed by atoms with Crippen molar-refractivity contribution in [3.05, 3.63) is 96.4 Å². The van der Waals surface area contributed by atoms with Crippen molar-refractivity contribution in [1.82, 2.24) is 14.5 Å². The van der Waals surface area contributed by atoms with Crippen molar-refractivity contribution in [2.45, 2.75) is 13.1 Å². The largest absolute Gasteiger partial charge is 0.383 e. The van der Waals surface area contributed by atoms with Gasteiger partial charge in [-0.25, -0.2) is 9.97 Å². The van der Waals surface area contributed by atoms with E-state index in [4.69, 9.17) is 5.73 Å². The zero-order chi connectivity index (χ0) is 19.6. The summed E-state index contributed by atoms with van der Waals surface area (Å²) in [5.41, 5.74) is 9.57. The molecule has 0 saturated heterocycles. The first-order valence-corrected chi connectivity index (χ1v) is 9.63. The third-order valence-corrected chi connectivity index (χ3v) is 5.21. The Kier molecular flexibility index (Phi) is 4.33. The van der Waals surface area contributed by atoms with Crippen LogP contribution < -0.4 is 11.1 Å². The number of rotatable bonds is 5. The van der Waals surface area contributed by atoms with Gasteiger partial charge in [0.2, 0.25) is 0 Å². The molecule has 5 nitrogen and oxygen atoms in total. The second kappa shape index (κ2) is 7.28. The van der Waals surface area contributed by atoms with Crippen LogP contribution in [0.1, 0.15) is 11.1 Å². The second-order valence-corrected chi connectivity index (χ2v) is 7.13. The maximum absolute atomic E-state index is 5.95. The number of benzene rings is 2. The summed E-state index contributed by atoms with van der Waals surface area (Å²) in [5, 5.41) is 6.69. The summed E-state index contributed by atoms with van der Waals surface area (Å²) < 4.78 is 2.25. The molecule has 0 aliphatic carbocycles. The van der Waals surface area contributed by atoms with Crippen LogP contribution in [0.15, 0.2) is 85.3 Å². The number of fused-ring (bicyclic) bond motifs is 2. The highest BCUT2D eigenvalue weighted by Gasteiger charge is 2.08. The molecule has 0 bridgehead atoms. The Labute approximate surface area is 168 Å². The van der Waals surface area contributed by atoms with Crippen molar-refractivity contribution >= 4 is 33.3 Å². The lowest BCUT2D eigenvalue weighted by Crippen LogP contribution is -2.03. The number of aromatic nitrogens is 3. The first-order valence-electron chi connectivity index (χ1n) is 9.63. The molecule has 0 spiro atoms. The number of hydrogen-bond donors (Lipinski definition) is 2. The van der Waals surface area contributed by atoms with Crippen molar-refractivity contribution in [2.24, 2.45) is 0 Å². The molecule has 142 valence electrons. The van der Waals surface area contributed by atoms with Gasteiger partial charge in [0, 0.05) is 42.5 Å². The lowest BCUT2D eigenvalue weighted by atomic mass is 10.1. The Balaban J connectivity index is 1.40. The maximum atomic E-state index is 5.95. The van der Waals surface area contributed by atoms with Crippen molar-refractivity contribution in [3.8, 4) is 0 Å². The van der Waals surface area contributed by atoms with Gasteiger partial charge in [-0.2, -0.15) is 0 Å².